The molecule has 0 fully saturated rings. The van der Waals surface area contributed by atoms with Crippen molar-refractivity contribution < 1.29 is 31.8 Å². The monoisotopic (exact) mass is 389 g/mol. The molecule has 0 saturated heterocycles. The maximum atomic E-state index is 11.9. The first-order chi connectivity index (χ1) is 11.7. The maximum Gasteiger partial charge on any atom is 0.367 e. The molecule has 10 heteroatoms. The van der Waals surface area contributed by atoms with Gasteiger partial charge in [0.25, 0.3) is 0 Å². The molecule has 0 heterocycles. The van der Waals surface area contributed by atoms with Crippen LogP contribution in [0.4, 0.5) is 0 Å². The van der Waals surface area contributed by atoms with Crippen molar-refractivity contribution in [1.29, 1.82) is 0 Å². The van der Waals surface area contributed by atoms with Gasteiger partial charge in [0, 0.05) is 4.90 Å². The van der Waals surface area contributed by atoms with E-state index in [1.165, 1.54) is 6.92 Å². The fourth-order valence-electron chi connectivity index (χ4n) is 1.60. The summed E-state index contributed by atoms with van der Waals surface area (Å²) < 4.78 is 37.3. The Labute approximate surface area is 150 Å². The average Bonchev–Trinajstić information content (AvgIpc) is 2.58. The highest BCUT2D eigenvalue weighted by Gasteiger charge is 2.25. The lowest BCUT2D eigenvalue weighted by Gasteiger charge is -2.09. The smallest absolute Gasteiger partial charge is 0.367 e. The molecule has 0 saturated carbocycles. The van der Waals surface area contributed by atoms with Crippen LogP contribution in [0.15, 0.2) is 34.3 Å². The number of aryl methyl sites for hydroxylation is 1. The lowest BCUT2D eigenvalue weighted by atomic mass is 10.2. The molecule has 1 unspecified atom stereocenters. The van der Waals surface area contributed by atoms with Gasteiger partial charge in [-0.15, -0.1) is 0 Å². The average molecular weight is 389 g/mol. The van der Waals surface area contributed by atoms with Crippen molar-refractivity contribution in [2.24, 2.45) is 11.1 Å². The van der Waals surface area contributed by atoms with Crippen LogP contribution >= 0.6 is 11.8 Å². The minimum Gasteiger partial charge on any atom is -0.469 e. The van der Waals surface area contributed by atoms with Gasteiger partial charge in [-0.05, 0) is 19.1 Å². The van der Waals surface area contributed by atoms with Crippen LogP contribution in [0.5, 0.6) is 0 Å². The molecule has 0 aliphatic rings. The van der Waals surface area contributed by atoms with Gasteiger partial charge < -0.3 is 9.47 Å². The summed E-state index contributed by atoms with van der Waals surface area (Å²) in [7, 11) is -1.89. The third kappa shape index (κ3) is 7.14. The van der Waals surface area contributed by atoms with E-state index in [1.807, 2.05) is 19.1 Å². The molecule has 1 aromatic carbocycles. The molecule has 1 rings (SSSR count). The second-order valence-electron chi connectivity index (χ2n) is 5.03. The molecule has 0 spiro atoms. The summed E-state index contributed by atoms with van der Waals surface area (Å²) >= 11 is 0.895. The number of carbonyl (C=O) groups excluding carboxylic acids is 2. The number of thioether (sulfide) groups is 1. The first kappa shape index (κ1) is 21.0. The standard InChI is InChI=1S/C15H19NO7S2/c1-10-5-7-12(8-6-10)24-13(15(18)22-4)16-23-25(19,20)9-11(2)14(17)21-3/h5-8,11H,9H2,1-4H3/b16-13-. The summed E-state index contributed by atoms with van der Waals surface area (Å²) in [4.78, 5) is 23.7. The van der Waals surface area contributed by atoms with Gasteiger partial charge in [0.05, 0.1) is 20.1 Å². The number of methoxy groups -OCH3 is 2. The highest BCUT2D eigenvalue weighted by molar-refractivity contribution is 8.15. The fourth-order valence-corrected chi connectivity index (χ4v) is 3.38. The van der Waals surface area contributed by atoms with Crippen molar-refractivity contribution in [2.45, 2.75) is 18.7 Å². The van der Waals surface area contributed by atoms with Crippen molar-refractivity contribution >= 4 is 38.9 Å². The topological polar surface area (TPSA) is 108 Å². The number of hydrogen-bond donors (Lipinski definition) is 0. The molecule has 0 radical (unpaired) electrons. The van der Waals surface area contributed by atoms with E-state index in [4.69, 9.17) is 0 Å². The summed E-state index contributed by atoms with van der Waals surface area (Å²) in [5.41, 5.74) is 1.02. The van der Waals surface area contributed by atoms with Crippen LogP contribution in [0.2, 0.25) is 0 Å². The second kappa shape index (κ2) is 9.42. The van der Waals surface area contributed by atoms with Crippen LogP contribution in [0.3, 0.4) is 0 Å². The largest absolute Gasteiger partial charge is 0.469 e. The van der Waals surface area contributed by atoms with Crippen molar-refractivity contribution in [3.8, 4) is 0 Å². The molecule has 138 valence electrons. The van der Waals surface area contributed by atoms with Crippen LogP contribution in [0.25, 0.3) is 0 Å². The third-order valence-electron chi connectivity index (χ3n) is 2.89. The van der Waals surface area contributed by atoms with Crippen molar-refractivity contribution in [1.82, 2.24) is 0 Å². The number of hydrogen-bond acceptors (Lipinski definition) is 9. The molecular weight excluding hydrogens is 370 g/mol. The van der Waals surface area contributed by atoms with Crippen molar-refractivity contribution in [3.05, 3.63) is 29.8 Å². The van der Waals surface area contributed by atoms with Crippen molar-refractivity contribution in [2.75, 3.05) is 20.0 Å². The first-order valence-corrected chi connectivity index (χ1v) is 9.48. The predicted molar refractivity (Wildman–Crippen MR) is 92.5 cm³/mol. The van der Waals surface area contributed by atoms with Gasteiger partial charge in [-0.1, -0.05) is 41.5 Å². The summed E-state index contributed by atoms with van der Waals surface area (Å²) in [5, 5.41) is 3.10. The maximum absolute atomic E-state index is 11.9. The predicted octanol–water partition coefficient (Wildman–Crippen LogP) is 1.73. The van der Waals surface area contributed by atoms with Crippen molar-refractivity contribution in [3.63, 3.8) is 0 Å². The fraction of sp³-hybridized carbons (Fsp3) is 0.400. The van der Waals surface area contributed by atoms with E-state index in [9.17, 15) is 18.0 Å². The molecule has 0 bridgehead atoms. The molecule has 8 nitrogen and oxygen atoms in total. The van der Waals surface area contributed by atoms with Crippen LogP contribution in [-0.2, 0) is 33.5 Å². The normalized spacial score (nSPS) is 13.0. The van der Waals surface area contributed by atoms with E-state index in [1.54, 1.807) is 12.1 Å². The molecule has 0 amide bonds. The van der Waals surface area contributed by atoms with Crippen LogP contribution < -0.4 is 0 Å². The summed E-state index contributed by atoms with van der Waals surface area (Å²) in [6.07, 6.45) is 0. The van der Waals surface area contributed by atoms with E-state index in [0.717, 1.165) is 31.5 Å². The molecular formula is C15H19NO7S2. The molecule has 1 atom stereocenters. The highest BCUT2D eigenvalue weighted by atomic mass is 32.2. The van der Waals surface area contributed by atoms with Gasteiger partial charge in [0.1, 0.15) is 5.75 Å². The SMILES string of the molecule is COC(=O)/C(=N/OS(=O)(=O)CC(C)C(=O)OC)Sc1ccc(C)cc1. The molecule has 25 heavy (non-hydrogen) atoms. The minimum absolute atomic E-state index is 0.291. The minimum atomic E-state index is -4.18. The second-order valence-corrected chi connectivity index (χ2v) is 7.69. The van der Waals surface area contributed by atoms with E-state index in [2.05, 4.69) is 18.9 Å². The number of carbonyl (C=O) groups is 2. The van der Waals surface area contributed by atoms with Crippen LogP contribution in [-0.4, -0.2) is 45.4 Å². The zero-order valence-electron chi connectivity index (χ0n) is 14.2. The Morgan fingerprint density at radius 1 is 1.16 bits per heavy atom. The lowest BCUT2D eigenvalue weighted by molar-refractivity contribution is -0.144. The van der Waals surface area contributed by atoms with Crippen LogP contribution in [0, 0.1) is 12.8 Å². The zero-order valence-corrected chi connectivity index (χ0v) is 15.8. The number of esters is 2. The lowest BCUT2D eigenvalue weighted by Crippen LogP contribution is -2.23. The Kier molecular flexibility index (Phi) is 7.91. The van der Waals surface area contributed by atoms with Gasteiger partial charge in [0.2, 0.25) is 5.04 Å². The summed E-state index contributed by atoms with van der Waals surface area (Å²) in [6.45, 7) is 3.28. The quantitative estimate of drug-likeness (QED) is 0.238. The molecule has 1 aromatic rings. The summed E-state index contributed by atoms with van der Waals surface area (Å²) in [6, 6.07) is 7.14. The van der Waals surface area contributed by atoms with Gasteiger partial charge in [-0.25, -0.2) is 4.79 Å². The Morgan fingerprint density at radius 3 is 2.28 bits per heavy atom. The number of nitrogens with zero attached hydrogens (tertiary/aromatic N) is 1. The molecule has 0 aliphatic carbocycles. The van der Waals surface area contributed by atoms with E-state index < -0.39 is 33.7 Å². The van der Waals surface area contributed by atoms with Crippen LogP contribution in [0.1, 0.15) is 12.5 Å². The number of ether oxygens (including phenoxy) is 2. The number of rotatable bonds is 6. The van der Waals surface area contributed by atoms with E-state index in [-0.39, 0.29) is 5.04 Å². The highest BCUT2D eigenvalue weighted by Crippen LogP contribution is 2.21. The molecule has 0 N–H and O–H groups in total. The Morgan fingerprint density at radius 2 is 1.76 bits per heavy atom. The molecule has 0 aliphatic heterocycles. The Bertz CT molecular complexity index is 742. The molecule has 0 aromatic heterocycles. The summed E-state index contributed by atoms with van der Waals surface area (Å²) in [5.74, 6) is -3.11. The first-order valence-electron chi connectivity index (χ1n) is 7.08. The van der Waals surface area contributed by atoms with Gasteiger partial charge in [0.15, 0.2) is 0 Å². The van der Waals surface area contributed by atoms with E-state index in [0.29, 0.717) is 4.90 Å². The van der Waals surface area contributed by atoms with Gasteiger partial charge >= 0.3 is 22.1 Å². The Balaban J connectivity index is 2.90. The van der Waals surface area contributed by atoms with Gasteiger partial charge in [-0.3, -0.25) is 9.08 Å². The van der Waals surface area contributed by atoms with E-state index >= 15 is 0 Å². The third-order valence-corrected chi connectivity index (χ3v) is 5.04. The number of benzene rings is 1. The number of oxime groups is 1. The van der Waals surface area contributed by atoms with Gasteiger partial charge in [-0.2, -0.15) is 8.42 Å². The Hall–Kier alpha value is -2.07. The zero-order chi connectivity index (χ0) is 19.0.